The van der Waals surface area contributed by atoms with Crippen LogP contribution in [0.25, 0.3) is 0 Å². The Kier molecular flexibility index (Phi) is 4.54. The molecule has 0 bridgehead atoms. The number of carbonyl (C=O) groups is 1. The van der Waals surface area contributed by atoms with Crippen molar-refractivity contribution in [3.05, 3.63) is 35.4 Å². The Morgan fingerprint density at radius 2 is 2.06 bits per heavy atom. The van der Waals surface area contributed by atoms with Crippen molar-refractivity contribution in [3.63, 3.8) is 0 Å². The summed E-state index contributed by atoms with van der Waals surface area (Å²) in [6.07, 6.45) is 5.61. The molecule has 1 aliphatic rings. The molecule has 1 N–H and O–H groups in total. The molecule has 18 heavy (non-hydrogen) atoms. The van der Waals surface area contributed by atoms with Gasteiger partial charge >= 0.3 is 0 Å². The Morgan fingerprint density at radius 1 is 1.33 bits per heavy atom. The van der Waals surface area contributed by atoms with Crippen LogP contribution in [0.2, 0.25) is 0 Å². The van der Waals surface area contributed by atoms with E-state index in [0.717, 1.165) is 37.7 Å². The molecule has 1 aromatic rings. The van der Waals surface area contributed by atoms with Crippen LogP contribution in [0, 0.1) is 5.92 Å². The zero-order valence-electron chi connectivity index (χ0n) is 11.1. The summed E-state index contributed by atoms with van der Waals surface area (Å²) in [5, 5.41) is 10.2. The molecule has 2 nitrogen and oxygen atoms in total. The number of benzene rings is 1. The van der Waals surface area contributed by atoms with Gasteiger partial charge in [0, 0.05) is 5.56 Å². The molecule has 0 spiro atoms. The van der Waals surface area contributed by atoms with Crippen molar-refractivity contribution in [2.45, 2.75) is 51.6 Å². The van der Waals surface area contributed by atoms with Gasteiger partial charge in [0.05, 0.1) is 0 Å². The summed E-state index contributed by atoms with van der Waals surface area (Å²) in [5.41, 5.74) is 1.81. The first kappa shape index (κ1) is 13.3. The van der Waals surface area contributed by atoms with Crippen LogP contribution in [-0.2, 0) is 6.42 Å². The molecule has 98 valence electrons. The van der Waals surface area contributed by atoms with Crippen LogP contribution in [0.4, 0.5) is 0 Å². The van der Waals surface area contributed by atoms with Gasteiger partial charge in [-0.2, -0.15) is 0 Å². The molecule has 1 saturated carbocycles. The number of aliphatic hydroxyl groups excluding tert-OH is 1. The summed E-state index contributed by atoms with van der Waals surface area (Å²) in [6, 6.07) is 7.64. The number of Topliss-reactive ketones (excluding diaryl/α,β-unsaturated/α-hetero) is 1. The third kappa shape index (κ3) is 2.99. The number of carbonyl (C=O) groups excluding carboxylic acids is 1. The Balaban J connectivity index is 2.09. The molecule has 1 fully saturated rings. The van der Waals surface area contributed by atoms with Gasteiger partial charge in [0.1, 0.15) is 6.10 Å². The summed E-state index contributed by atoms with van der Waals surface area (Å²) in [7, 11) is 0. The van der Waals surface area contributed by atoms with Gasteiger partial charge in [-0.15, -0.1) is 0 Å². The second kappa shape index (κ2) is 6.14. The van der Waals surface area contributed by atoms with Crippen molar-refractivity contribution in [2.75, 3.05) is 0 Å². The van der Waals surface area contributed by atoms with Crippen LogP contribution in [-0.4, -0.2) is 17.0 Å². The number of hydrogen-bond acceptors (Lipinski definition) is 2. The molecule has 0 saturated heterocycles. The monoisotopic (exact) mass is 246 g/mol. The predicted molar refractivity (Wildman–Crippen MR) is 72.7 cm³/mol. The van der Waals surface area contributed by atoms with Crippen LogP contribution in [0.15, 0.2) is 24.3 Å². The average Bonchev–Trinajstić information content (AvgIpc) is 2.46. The highest BCUT2D eigenvalue weighted by molar-refractivity contribution is 5.99. The molecule has 0 radical (unpaired) electrons. The molecule has 2 heteroatoms. The van der Waals surface area contributed by atoms with Crippen LogP contribution in [0.5, 0.6) is 0 Å². The molecule has 0 aliphatic heterocycles. The molecule has 0 heterocycles. The van der Waals surface area contributed by atoms with E-state index in [1.165, 1.54) is 6.42 Å². The van der Waals surface area contributed by atoms with Crippen LogP contribution < -0.4 is 0 Å². The maximum atomic E-state index is 12.3. The predicted octanol–water partition coefficient (Wildman–Crippen LogP) is 3.37. The Hall–Kier alpha value is -1.15. The minimum absolute atomic E-state index is 0.0998. The minimum atomic E-state index is -0.808. The van der Waals surface area contributed by atoms with E-state index in [4.69, 9.17) is 0 Å². The zero-order valence-corrected chi connectivity index (χ0v) is 11.1. The number of ketones is 1. The molecular formula is C16H22O2. The van der Waals surface area contributed by atoms with Crippen LogP contribution in [0.3, 0.4) is 0 Å². The fraction of sp³-hybridized carbons (Fsp3) is 0.562. The topological polar surface area (TPSA) is 37.3 Å². The van der Waals surface area contributed by atoms with Crippen molar-refractivity contribution < 1.29 is 9.90 Å². The van der Waals surface area contributed by atoms with E-state index in [1.807, 2.05) is 24.3 Å². The van der Waals surface area contributed by atoms with Gasteiger partial charge in [0.15, 0.2) is 5.78 Å². The van der Waals surface area contributed by atoms with Crippen molar-refractivity contribution in [3.8, 4) is 0 Å². The maximum Gasteiger partial charge on any atom is 0.191 e. The lowest BCUT2D eigenvalue weighted by Crippen LogP contribution is -2.31. The molecular weight excluding hydrogens is 224 g/mol. The van der Waals surface area contributed by atoms with Gasteiger partial charge < -0.3 is 5.11 Å². The van der Waals surface area contributed by atoms with Gasteiger partial charge in [-0.1, -0.05) is 44.4 Å². The van der Waals surface area contributed by atoms with Crippen molar-refractivity contribution in [1.82, 2.24) is 0 Å². The summed E-state index contributed by atoms with van der Waals surface area (Å²) < 4.78 is 0. The highest BCUT2D eigenvalue weighted by Crippen LogP contribution is 2.28. The molecule has 2 rings (SSSR count). The molecule has 1 aliphatic carbocycles. The summed E-state index contributed by atoms with van der Waals surface area (Å²) >= 11 is 0. The van der Waals surface area contributed by atoms with E-state index in [-0.39, 0.29) is 11.7 Å². The van der Waals surface area contributed by atoms with Crippen molar-refractivity contribution in [1.29, 1.82) is 0 Å². The first-order valence-corrected chi connectivity index (χ1v) is 7.03. The second-order valence-electron chi connectivity index (χ2n) is 5.26. The SMILES string of the molecule is CCc1cccc(C(=O)C(O)C2CCCCC2)c1. The summed E-state index contributed by atoms with van der Waals surface area (Å²) in [5.74, 6) is 0.0636. The van der Waals surface area contributed by atoms with Crippen LogP contribution >= 0.6 is 0 Å². The third-order valence-electron chi connectivity index (χ3n) is 3.98. The Morgan fingerprint density at radius 3 is 2.72 bits per heavy atom. The van der Waals surface area contributed by atoms with E-state index in [2.05, 4.69) is 6.92 Å². The molecule has 1 atom stereocenters. The number of rotatable bonds is 4. The average molecular weight is 246 g/mol. The van der Waals surface area contributed by atoms with Crippen molar-refractivity contribution in [2.24, 2.45) is 5.92 Å². The quantitative estimate of drug-likeness (QED) is 0.827. The number of aliphatic hydroxyl groups is 1. The van der Waals surface area contributed by atoms with Gasteiger partial charge in [-0.3, -0.25) is 4.79 Å². The van der Waals surface area contributed by atoms with Gasteiger partial charge in [-0.05, 0) is 36.8 Å². The van der Waals surface area contributed by atoms with E-state index < -0.39 is 6.10 Å². The smallest absolute Gasteiger partial charge is 0.191 e. The normalized spacial score (nSPS) is 18.6. The highest BCUT2D eigenvalue weighted by atomic mass is 16.3. The second-order valence-corrected chi connectivity index (χ2v) is 5.26. The van der Waals surface area contributed by atoms with Crippen LogP contribution in [0.1, 0.15) is 54.9 Å². The maximum absolute atomic E-state index is 12.3. The Labute approximate surface area is 109 Å². The fourth-order valence-electron chi connectivity index (χ4n) is 2.78. The van der Waals surface area contributed by atoms with Gasteiger partial charge in [-0.25, -0.2) is 0 Å². The standard InChI is InChI=1S/C16H22O2/c1-2-12-7-6-10-14(11-12)16(18)15(17)13-8-4-3-5-9-13/h6-7,10-11,13,15,17H,2-5,8-9H2,1H3. The minimum Gasteiger partial charge on any atom is -0.385 e. The summed E-state index contributed by atoms with van der Waals surface area (Å²) in [4.78, 5) is 12.3. The molecule has 0 aromatic heterocycles. The van der Waals surface area contributed by atoms with E-state index >= 15 is 0 Å². The summed E-state index contributed by atoms with van der Waals surface area (Å²) in [6.45, 7) is 2.07. The lowest BCUT2D eigenvalue weighted by molar-refractivity contribution is 0.0534. The zero-order chi connectivity index (χ0) is 13.0. The Bertz CT molecular complexity index is 405. The largest absolute Gasteiger partial charge is 0.385 e. The lowest BCUT2D eigenvalue weighted by atomic mass is 9.82. The number of hydrogen-bond donors (Lipinski definition) is 1. The molecule has 1 unspecified atom stereocenters. The van der Waals surface area contributed by atoms with Gasteiger partial charge in [0.25, 0.3) is 0 Å². The van der Waals surface area contributed by atoms with E-state index in [0.29, 0.717) is 5.56 Å². The third-order valence-corrected chi connectivity index (χ3v) is 3.98. The molecule has 0 amide bonds. The fourth-order valence-corrected chi connectivity index (χ4v) is 2.78. The van der Waals surface area contributed by atoms with Crippen molar-refractivity contribution >= 4 is 5.78 Å². The number of aryl methyl sites for hydroxylation is 1. The van der Waals surface area contributed by atoms with Gasteiger partial charge in [0.2, 0.25) is 0 Å². The van der Waals surface area contributed by atoms with E-state index in [9.17, 15) is 9.90 Å². The van der Waals surface area contributed by atoms with E-state index in [1.54, 1.807) is 0 Å². The molecule has 1 aromatic carbocycles. The lowest BCUT2D eigenvalue weighted by Gasteiger charge is -2.25. The first-order valence-electron chi connectivity index (χ1n) is 7.03. The first-order chi connectivity index (χ1) is 8.72. The highest BCUT2D eigenvalue weighted by Gasteiger charge is 2.28.